The molecule has 94 valence electrons. The van der Waals surface area contributed by atoms with Crippen LogP contribution in [-0.4, -0.2) is 45.8 Å². The molecule has 0 radical (unpaired) electrons. The fourth-order valence-corrected chi connectivity index (χ4v) is 1.20. The zero-order chi connectivity index (χ0) is 12.8. The van der Waals surface area contributed by atoms with E-state index in [0.717, 1.165) is 0 Å². The zero-order valence-corrected chi connectivity index (χ0v) is 9.71. The van der Waals surface area contributed by atoms with Gasteiger partial charge in [-0.2, -0.15) is 0 Å². The fourth-order valence-electron chi connectivity index (χ4n) is 1.20. The number of hydrogen-bond donors (Lipinski definition) is 4. The van der Waals surface area contributed by atoms with Crippen LogP contribution in [0.3, 0.4) is 0 Å². The predicted molar refractivity (Wildman–Crippen MR) is 61.2 cm³/mol. The van der Waals surface area contributed by atoms with Gasteiger partial charge >= 0.3 is 0 Å². The van der Waals surface area contributed by atoms with Gasteiger partial charge in [-0.15, -0.1) is 0 Å². The molecule has 0 fully saturated rings. The lowest BCUT2D eigenvalue weighted by Gasteiger charge is -2.17. The Morgan fingerprint density at radius 1 is 1.41 bits per heavy atom. The summed E-state index contributed by atoms with van der Waals surface area (Å²) in [6, 6.07) is 0. The molecule has 0 saturated carbocycles. The molecular formula is C10H16N4O3. The Morgan fingerprint density at radius 3 is 2.47 bits per heavy atom. The molecule has 0 aromatic carbocycles. The van der Waals surface area contributed by atoms with Crippen molar-refractivity contribution in [2.45, 2.75) is 19.1 Å². The van der Waals surface area contributed by atoms with Crippen LogP contribution in [0.1, 0.15) is 18.6 Å². The molecule has 7 nitrogen and oxygen atoms in total. The highest BCUT2D eigenvalue weighted by Crippen LogP contribution is 2.15. The van der Waals surface area contributed by atoms with Gasteiger partial charge in [-0.1, -0.05) is 0 Å². The van der Waals surface area contributed by atoms with E-state index in [1.807, 2.05) is 0 Å². The van der Waals surface area contributed by atoms with Gasteiger partial charge in [0.05, 0.1) is 0 Å². The highest BCUT2D eigenvalue weighted by Gasteiger charge is 2.19. The molecule has 0 aliphatic rings. The van der Waals surface area contributed by atoms with E-state index in [-0.39, 0.29) is 12.5 Å². The van der Waals surface area contributed by atoms with Crippen LogP contribution in [0.4, 0.5) is 5.95 Å². The Kier molecular flexibility index (Phi) is 4.80. The van der Waals surface area contributed by atoms with Gasteiger partial charge < -0.3 is 20.8 Å². The number of carbonyl (C=O) groups excluding carboxylic acids is 1. The molecule has 1 amide bonds. The molecule has 0 aliphatic heterocycles. The molecule has 2 unspecified atom stereocenters. The molecule has 1 rings (SSSR count). The molecule has 0 aliphatic carbocycles. The van der Waals surface area contributed by atoms with Gasteiger partial charge in [-0.05, 0) is 0 Å². The number of nitrogens with one attached hydrogen (secondary N) is 2. The first-order chi connectivity index (χ1) is 8.04. The number of aliphatic hydroxyl groups is 2. The van der Waals surface area contributed by atoms with E-state index in [2.05, 4.69) is 20.6 Å². The Morgan fingerprint density at radius 2 is 2.00 bits per heavy atom. The van der Waals surface area contributed by atoms with Gasteiger partial charge in [0.2, 0.25) is 11.9 Å². The van der Waals surface area contributed by atoms with Crippen molar-refractivity contribution in [3.8, 4) is 0 Å². The maximum atomic E-state index is 10.7. The molecule has 0 bridgehead atoms. The van der Waals surface area contributed by atoms with Crippen molar-refractivity contribution in [2.75, 3.05) is 18.9 Å². The van der Waals surface area contributed by atoms with Crippen LogP contribution < -0.4 is 10.6 Å². The minimum atomic E-state index is -1.13. The number of amides is 1. The van der Waals surface area contributed by atoms with Crippen molar-refractivity contribution >= 4 is 11.9 Å². The van der Waals surface area contributed by atoms with E-state index in [0.29, 0.717) is 11.5 Å². The van der Waals surface area contributed by atoms with Crippen molar-refractivity contribution in [1.82, 2.24) is 15.3 Å². The van der Waals surface area contributed by atoms with Crippen molar-refractivity contribution in [3.05, 3.63) is 18.0 Å². The van der Waals surface area contributed by atoms with E-state index in [9.17, 15) is 15.0 Å². The lowest BCUT2D eigenvalue weighted by atomic mass is 10.1. The molecule has 17 heavy (non-hydrogen) atoms. The van der Waals surface area contributed by atoms with Crippen LogP contribution in [0.25, 0.3) is 0 Å². The topological polar surface area (TPSA) is 107 Å². The van der Waals surface area contributed by atoms with Gasteiger partial charge in [-0.25, -0.2) is 9.97 Å². The van der Waals surface area contributed by atoms with E-state index in [4.69, 9.17) is 0 Å². The SMILES string of the molecule is CNc1ncc(C(O)C(O)CNC(C)=O)cn1. The van der Waals surface area contributed by atoms with Gasteiger partial charge in [0, 0.05) is 38.5 Å². The zero-order valence-electron chi connectivity index (χ0n) is 9.71. The van der Waals surface area contributed by atoms with Crippen molar-refractivity contribution in [3.63, 3.8) is 0 Å². The molecule has 1 aromatic heterocycles. The van der Waals surface area contributed by atoms with E-state index >= 15 is 0 Å². The summed E-state index contributed by atoms with van der Waals surface area (Å²) in [7, 11) is 1.68. The van der Waals surface area contributed by atoms with Crippen LogP contribution in [0.5, 0.6) is 0 Å². The standard InChI is InChI=1S/C10H16N4O3/c1-6(15)12-5-8(16)9(17)7-3-13-10(11-2)14-4-7/h3-4,8-9,16-17H,5H2,1-2H3,(H,12,15)(H,11,13,14). The second kappa shape index (κ2) is 6.12. The van der Waals surface area contributed by atoms with Gasteiger partial charge in [-0.3, -0.25) is 4.79 Å². The number of hydrogen-bond acceptors (Lipinski definition) is 6. The monoisotopic (exact) mass is 240 g/mol. The molecule has 0 saturated heterocycles. The third-order valence-electron chi connectivity index (χ3n) is 2.16. The Labute approximate surface area is 98.9 Å². The van der Waals surface area contributed by atoms with Crippen molar-refractivity contribution in [2.24, 2.45) is 0 Å². The number of aromatic nitrogens is 2. The van der Waals surface area contributed by atoms with Crippen LogP contribution in [0, 0.1) is 0 Å². The average Bonchev–Trinajstić information content (AvgIpc) is 2.35. The van der Waals surface area contributed by atoms with Crippen LogP contribution in [0.2, 0.25) is 0 Å². The maximum absolute atomic E-state index is 10.7. The quantitative estimate of drug-likeness (QED) is 0.528. The minimum Gasteiger partial charge on any atom is -0.388 e. The largest absolute Gasteiger partial charge is 0.388 e. The molecular weight excluding hydrogens is 224 g/mol. The first kappa shape index (κ1) is 13.3. The minimum absolute atomic E-state index is 0.0235. The molecule has 1 heterocycles. The van der Waals surface area contributed by atoms with Gasteiger partial charge in [0.25, 0.3) is 0 Å². The molecule has 4 N–H and O–H groups in total. The number of anilines is 1. The molecule has 2 atom stereocenters. The maximum Gasteiger partial charge on any atom is 0.222 e. The van der Waals surface area contributed by atoms with Crippen molar-refractivity contribution < 1.29 is 15.0 Å². The summed E-state index contributed by atoms with van der Waals surface area (Å²) in [5.74, 6) is 0.162. The average molecular weight is 240 g/mol. The molecule has 1 aromatic rings. The van der Waals surface area contributed by atoms with Crippen LogP contribution in [0.15, 0.2) is 12.4 Å². The van der Waals surface area contributed by atoms with Gasteiger partial charge in [0.1, 0.15) is 12.2 Å². The summed E-state index contributed by atoms with van der Waals surface area (Å²) in [5, 5.41) is 24.5. The first-order valence-electron chi connectivity index (χ1n) is 5.15. The lowest BCUT2D eigenvalue weighted by molar-refractivity contribution is -0.119. The Hall–Kier alpha value is -1.73. The summed E-state index contributed by atoms with van der Waals surface area (Å²) < 4.78 is 0. The predicted octanol–water partition coefficient (Wildman–Crippen LogP) is -0.951. The number of nitrogens with zero attached hydrogens (tertiary/aromatic N) is 2. The summed E-state index contributed by atoms with van der Waals surface area (Å²) in [4.78, 5) is 18.5. The lowest BCUT2D eigenvalue weighted by Crippen LogP contribution is -2.34. The number of rotatable bonds is 5. The second-order valence-corrected chi connectivity index (χ2v) is 3.54. The third kappa shape index (κ3) is 3.97. The summed E-state index contributed by atoms with van der Waals surface area (Å²) in [6.45, 7) is 1.31. The Bertz CT molecular complexity index is 368. The third-order valence-corrected chi connectivity index (χ3v) is 2.16. The summed E-state index contributed by atoms with van der Waals surface area (Å²) in [5.41, 5.74) is 0.391. The highest BCUT2D eigenvalue weighted by molar-refractivity contribution is 5.72. The van der Waals surface area contributed by atoms with E-state index < -0.39 is 12.2 Å². The fraction of sp³-hybridized carbons (Fsp3) is 0.500. The van der Waals surface area contributed by atoms with E-state index in [1.165, 1.54) is 19.3 Å². The summed E-state index contributed by atoms with van der Waals surface area (Å²) in [6.07, 6.45) is 0.608. The normalized spacial score (nSPS) is 13.9. The second-order valence-electron chi connectivity index (χ2n) is 3.54. The van der Waals surface area contributed by atoms with Gasteiger partial charge in [0.15, 0.2) is 0 Å². The van der Waals surface area contributed by atoms with Crippen LogP contribution in [-0.2, 0) is 4.79 Å². The number of carbonyl (C=O) groups is 1. The van der Waals surface area contributed by atoms with E-state index in [1.54, 1.807) is 7.05 Å². The Balaban J connectivity index is 2.60. The molecule has 0 spiro atoms. The highest BCUT2D eigenvalue weighted by atomic mass is 16.3. The van der Waals surface area contributed by atoms with Crippen LogP contribution >= 0.6 is 0 Å². The molecule has 7 heteroatoms. The number of aliphatic hydroxyl groups excluding tert-OH is 2. The van der Waals surface area contributed by atoms with Crippen molar-refractivity contribution in [1.29, 1.82) is 0 Å². The summed E-state index contributed by atoms with van der Waals surface area (Å²) >= 11 is 0. The smallest absolute Gasteiger partial charge is 0.222 e. The first-order valence-corrected chi connectivity index (χ1v) is 5.15.